The molecule has 0 saturated heterocycles. The van der Waals surface area contributed by atoms with E-state index < -0.39 is 0 Å². The van der Waals surface area contributed by atoms with Gasteiger partial charge in [-0.15, -0.1) is 0 Å². The quantitative estimate of drug-likeness (QED) is 0.477. The van der Waals surface area contributed by atoms with Gasteiger partial charge in [0.1, 0.15) is 5.82 Å². The average molecular weight is 293 g/mol. The lowest BCUT2D eigenvalue weighted by atomic mass is 9.67. The number of unbranched alkanes of at least 4 members (excludes halogenated alkanes) is 1. The Kier molecular flexibility index (Phi) is 6.27. The molecule has 1 aliphatic rings. The third kappa shape index (κ3) is 4.18. The maximum Gasteiger partial charge on any atom is 0.123 e. The van der Waals surface area contributed by atoms with Crippen molar-refractivity contribution in [1.82, 2.24) is 0 Å². The second-order valence-electron chi connectivity index (χ2n) is 6.51. The molecule has 1 aromatic carbocycles. The predicted molar refractivity (Wildman–Crippen MR) is 88.8 cm³/mol. The van der Waals surface area contributed by atoms with Crippen LogP contribution in [0.25, 0.3) is 0 Å². The zero-order chi connectivity index (χ0) is 14.3. The van der Waals surface area contributed by atoms with Crippen molar-refractivity contribution in [3.8, 4) is 0 Å². The Bertz CT molecular complexity index is 379. The molecule has 0 amide bonds. The summed E-state index contributed by atoms with van der Waals surface area (Å²) >= 11 is 0. The van der Waals surface area contributed by atoms with Crippen LogP contribution in [0, 0.1) is 5.82 Å². The molecule has 1 saturated carbocycles. The molecule has 20 heavy (non-hydrogen) atoms. The third-order valence-corrected chi connectivity index (χ3v) is 6.73. The highest BCUT2D eigenvalue weighted by molar-refractivity contribution is 6.35. The van der Waals surface area contributed by atoms with Crippen molar-refractivity contribution >= 4 is 9.52 Å². The Morgan fingerprint density at radius 2 is 1.75 bits per heavy atom. The van der Waals surface area contributed by atoms with Gasteiger partial charge in [0.25, 0.3) is 0 Å². The van der Waals surface area contributed by atoms with Gasteiger partial charge in [-0.25, -0.2) is 4.39 Å². The lowest BCUT2D eigenvalue weighted by molar-refractivity contribution is 0.267. The predicted octanol–water partition coefficient (Wildman–Crippen LogP) is 5.22. The molecule has 0 aromatic heterocycles. The summed E-state index contributed by atoms with van der Waals surface area (Å²) < 4.78 is 13.2. The Labute approximate surface area is 126 Å². The molecule has 0 aliphatic heterocycles. The maximum absolute atomic E-state index is 13.2. The molecule has 1 aliphatic carbocycles. The van der Waals surface area contributed by atoms with E-state index in [2.05, 4.69) is 6.92 Å². The van der Waals surface area contributed by atoms with Crippen molar-refractivity contribution in [1.29, 1.82) is 0 Å². The number of halogens is 1. The second kappa shape index (κ2) is 7.97. The van der Waals surface area contributed by atoms with E-state index in [9.17, 15) is 4.39 Å². The first-order valence-electron chi connectivity index (χ1n) is 8.53. The standard InChI is InChI=1S/C18H29FSi/c1-2-20-15-7-6-14-18(12-4-3-5-13-18)16-8-10-17(19)11-9-16/h8-11H,2-7,12-15,20H2,1H3. The summed E-state index contributed by atoms with van der Waals surface area (Å²) in [4.78, 5) is 0. The molecular weight excluding hydrogens is 263 g/mol. The largest absolute Gasteiger partial charge is 0.207 e. The molecule has 0 spiro atoms. The Morgan fingerprint density at radius 1 is 1.05 bits per heavy atom. The van der Waals surface area contributed by atoms with E-state index in [0.29, 0.717) is 5.41 Å². The van der Waals surface area contributed by atoms with Gasteiger partial charge in [0.05, 0.1) is 0 Å². The van der Waals surface area contributed by atoms with E-state index in [-0.39, 0.29) is 15.3 Å². The molecule has 2 heteroatoms. The van der Waals surface area contributed by atoms with Crippen molar-refractivity contribution in [2.24, 2.45) is 0 Å². The molecule has 0 nitrogen and oxygen atoms in total. The molecule has 1 aromatic rings. The SMILES string of the molecule is CC[SiH2]CCCCC1(c2ccc(F)cc2)CCCCC1. The Balaban J connectivity index is 1.99. The van der Waals surface area contributed by atoms with E-state index in [4.69, 9.17) is 0 Å². The van der Waals surface area contributed by atoms with Crippen molar-refractivity contribution < 1.29 is 4.39 Å². The highest BCUT2D eigenvalue weighted by atomic mass is 28.2. The molecule has 0 N–H and O–H groups in total. The fraction of sp³-hybridized carbons (Fsp3) is 0.667. The molecule has 2 rings (SSSR count). The van der Waals surface area contributed by atoms with Gasteiger partial charge in [-0.3, -0.25) is 0 Å². The van der Waals surface area contributed by atoms with Gasteiger partial charge in [-0.05, 0) is 42.4 Å². The van der Waals surface area contributed by atoms with Gasteiger partial charge >= 0.3 is 0 Å². The zero-order valence-electron chi connectivity index (χ0n) is 13.0. The molecule has 1 fully saturated rings. The van der Waals surface area contributed by atoms with E-state index in [1.165, 1.54) is 69.0 Å². The first-order chi connectivity index (χ1) is 9.77. The highest BCUT2D eigenvalue weighted by Gasteiger charge is 2.33. The fourth-order valence-electron chi connectivity index (χ4n) is 3.78. The summed E-state index contributed by atoms with van der Waals surface area (Å²) in [5, 5.41) is 0. The van der Waals surface area contributed by atoms with E-state index in [1.807, 2.05) is 12.1 Å². The number of benzene rings is 1. The lowest BCUT2D eigenvalue weighted by Gasteiger charge is -2.38. The monoisotopic (exact) mass is 292 g/mol. The van der Waals surface area contributed by atoms with Crippen LogP contribution in [0.15, 0.2) is 24.3 Å². The van der Waals surface area contributed by atoms with Crippen molar-refractivity contribution in [2.45, 2.75) is 75.8 Å². The van der Waals surface area contributed by atoms with Crippen molar-refractivity contribution in [2.75, 3.05) is 0 Å². The summed E-state index contributed by atoms with van der Waals surface area (Å²) in [6, 6.07) is 10.3. The van der Waals surface area contributed by atoms with E-state index >= 15 is 0 Å². The van der Waals surface area contributed by atoms with Gasteiger partial charge in [-0.2, -0.15) is 0 Å². The second-order valence-corrected chi connectivity index (χ2v) is 8.93. The van der Waals surface area contributed by atoms with Crippen LogP contribution in [-0.4, -0.2) is 9.52 Å². The fourth-order valence-corrected chi connectivity index (χ4v) is 4.99. The minimum absolute atomic E-state index is 0.103. The van der Waals surface area contributed by atoms with Gasteiger partial charge < -0.3 is 0 Å². The summed E-state index contributed by atoms with van der Waals surface area (Å²) in [5.74, 6) is -0.103. The van der Waals surface area contributed by atoms with Gasteiger partial charge in [0.2, 0.25) is 0 Å². The Hall–Kier alpha value is -0.633. The maximum atomic E-state index is 13.2. The smallest absolute Gasteiger partial charge is 0.123 e. The molecule has 0 heterocycles. The molecule has 0 radical (unpaired) electrons. The minimum atomic E-state index is -0.103. The lowest BCUT2D eigenvalue weighted by Crippen LogP contribution is -2.29. The minimum Gasteiger partial charge on any atom is -0.207 e. The summed E-state index contributed by atoms with van der Waals surface area (Å²) in [6.45, 7) is 2.33. The molecule has 0 bridgehead atoms. The number of hydrogen-bond acceptors (Lipinski definition) is 0. The number of rotatable bonds is 7. The summed E-state index contributed by atoms with van der Waals surface area (Å²) in [5.41, 5.74) is 1.76. The summed E-state index contributed by atoms with van der Waals surface area (Å²) in [7, 11) is 0.236. The van der Waals surface area contributed by atoms with Gasteiger partial charge in [0, 0.05) is 9.52 Å². The van der Waals surface area contributed by atoms with Crippen LogP contribution in [0.2, 0.25) is 12.1 Å². The topological polar surface area (TPSA) is 0 Å². The van der Waals surface area contributed by atoms with Gasteiger partial charge in [0.15, 0.2) is 0 Å². The first kappa shape index (κ1) is 15.8. The van der Waals surface area contributed by atoms with Crippen LogP contribution >= 0.6 is 0 Å². The van der Waals surface area contributed by atoms with Crippen molar-refractivity contribution in [3.63, 3.8) is 0 Å². The van der Waals surface area contributed by atoms with E-state index in [1.54, 1.807) is 12.1 Å². The third-order valence-electron chi connectivity index (χ3n) is 5.03. The average Bonchev–Trinajstić information content (AvgIpc) is 2.49. The van der Waals surface area contributed by atoms with Crippen LogP contribution in [-0.2, 0) is 5.41 Å². The van der Waals surface area contributed by atoms with Crippen molar-refractivity contribution in [3.05, 3.63) is 35.6 Å². The van der Waals surface area contributed by atoms with Crippen LogP contribution < -0.4 is 0 Å². The van der Waals surface area contributed by atoms with Crippen LogP contribution in [0.3, 0.4) is 0 Å². The van der Waals surface area contributed by atoms with Crippen LogP contribution in [0.4, 0.5) is 4.39 Å². The molecule has 0 unspecified atom stereocenters. The van der Waals surface area contributed by atoms with Gasteiger partial charge in [-0.1, -0.05) is 63.2 Å². The Morgan fingerprint density at radius 3 is 2.40 bits per heavy atom. The normalized spacial score (nSPS) is 18.7. The molecule has 0 atom stereocenters. The highest BCUT2D eigenvalue weighted by Crippen LogP contribution is 2.43. The zero-order valence-corrected chi connectivity index (χ0v) is 14.4. The molecular formula is C18H29FSi. The molecule has 112 valence electrons. The first-order valence-corrected chi connectivity index (χ1v) is 10.5. The number of hydrogen-bond donors (Lipinski definition) is 0. The summed E-state index contributed by atoms with van der Waals surface area (Å²) in [6.07, 6.45) is 10.8. The van der Waals surface area contributed by atoms with Crippen LogP contribution in [0.1, 0.15) is 63.9 Å². The van der Waals surface area contributed by atoms with Crippen LogP contribution in [0.5, 0.6) is 0 Å². The van der Waals surface area contributed by atoms with E-state index in [0.717, 1.165) is 0 Å².